The van der Waals surface area contributed by atoms with Crippen molar-refractivity contribution in [2.24, 2.45) is 0 Å². The van der Waals surface area contributed by atoms with Crippen LogP contribution in [-0.4, -0.2) is 28.0 Å². The van der Waals surface area contributed by atoms with Gasteiger partial charge in [-0.15, -0.1) is 0 Å². The minimum Gasteiger partial charge on any atom is -0.481 e. The van der Waals surface area contributed by atoms with Crippen molar-refractivity contribution in [2.75, 3.05) is 12.4 Å². The number of aromatic nitrogens is 3. The molecule has 0 aliphatic rings. The van der Waals surface area contributed by atoms with Crippen molar-refractivity contribution in [3.05, 3.63) is 40.3 Å². The second-order valence-corrected chi connectivity index (χ2v) is 4.74. The van der Waals surface area contributed by atoms with Crippen molar-refractivity contribution in [3.8, 4) is 5.88 Å². The number of methoxy groups -OCH3 is 1. The average molecular weight is 307 g/mol. The fourth-order valence-corrected chi connectivity index (χ4v) is 1.96. The molecule has 0 unspecified atom stereocenters. The SMILES string of the molecule is CCc1cc(C(=O)Nc2nc(C)cc(OC)n2)cc(Cl)n1. The number of anilines is 1. The van der Waals surface area contributed by atoms with Gasteiger partial charge in [-0.2, -0.15) is 4.98 Å². The minimum absolute atomic E-state index is 0.183. The zero-order chi connectivity index (χ0) is 15.4. The Morgan fingerprint density at radius 2 is 2.05 bits per heavy atom. The van der Waals surface area contributed by atoms with Gasteiger partial charge in [-0.25, -0.2) is 9.97 Å². The number of amides is 1. The molecule has 0 fully saturated rings. The largest absolute Gasteiger partial charge is 0.481 e. The van der Waals surface area contributed by atoms with Crippen LogP contribution in [0.5, 0.6) is 5.88 Å². The van der Waals surface area contributed by atoms with E-state index in [-0.39, 0.29) is 17.0 Å². The summed E-state index contributed by atoms with van der Waals surface area (Å²) in [6.45, 7) is 3.73. The maximum atomic E-state index is 12.2. The van der Waals surface area contributed by atoms with E-state index in [2.05, 4.69) is 20.3 Å². The number of hydrogen-bond donors (Lipinski definition) is 1. The molecule has 2 heterocycles. The monoisotopic (exact) mass is 306 g/mol. The molecule has 1 amide bonds. The molecule has 2 rings (SSSR count). The molecule has 0 saturated heterocycles. The van der Waals surface area contributed by atoms with Gasteiger partial charge in [0.15, 0.2) is 0 Å². The van der Waals surface area contributed by atoms with Gasteiger partial charge >= 0.3 is 0 Å². The second kappa shape index (κ2) is 6.49. The highest BCUT2D eigenvalue weighted by Gasteiger charge is 2.12. The number of nitrogens with one attached hydrogen (secondary N) is 1. The predicted molar refractivity (Wildman–Crippen MR) is 79.9 cm³/mol. The van der Waals surface area contributed by atoms with Crippen molar-refractivity contribution < 1.29 is 9.53 Å². The first-order valence-corrected chi connectivity index (χ1v) is 6.77. The fraction of sp³-hybridized carbons (Fsp3) is 0.286. The molecule has 110 valence electrons. The molecular weight excluding hydrogens is 292 g/mol. The summed E-state index contributed by atoms with van der Waals surface area (Å²) in [6.07, 6.45) is 0.690. The molecule has 0 aromatic carbocycles. The van der Waals surface area contributed by atoms with Crippen LogP contribution in [0.3, 0.4) is 0 Å². The Bertz CT molecular complexity index is 676. The molecule has 0 bridgehead atoms. The highest BCUT2D eigenvalue weighted by Crippen LogP contribution is 2.15. The van der Waals surface area contributed by atoms with E-state index in [1.165, 1.54) is 13.2 Å². The van der Waals surface area contributed by atoms with E-state index in [1.54, 1.807) is 19.1 Å². The first-order chi connectivity index (χ1) is 10.0. The lowest BCUT2D eigenvalue weighted by molar-refractivity contribution is 0.102. The van der Waals surface area contributed by atoms with Gasteiger partial charge in [-0.3, -0.25) is 10.1 Å². The molecule has 0 saturated carbocycles. The molecule has 0 aliphatic carbocycles. The molecule has 7 heteroatoms. The number of hydrogen-bond acceptors (Lipinski definition) is 5. The third-order valence-electron chi connectivity index (χ3n) is 2.74. The van der Waals surface area contributed by atoms with Crippen molar-refractivity contribution >= 4 is 23.5 Å². The van der Waals surface area contributed by atoms with E-state index in [9.17, 15) is 4.79 Å². The van der Waals surface area contributed by atoms with Gasteiger partial charge in [0.1, 0.15) is 5.15 Å². The highest BCUT2D eigenvalue weighted by atomic mass is 35.5. The van der Waals surface area contributed by atoms with Crippen LogP contribution in [-0.2, 0) is 6.42 Å². The van der Waals surface area contributed by atoms with E-state index in [4.69, 9.17) is 16.3 Å². The first kappa shape index (κ1) is 15.2. The number of nitrogens with zero attached hydrogens (tertiary/aromatic N) is 3. The predicted octanol–water partition coefficient (Wildman–Crippen LogP) is 2.66. The molecule has 21 heavy (non-hydrogen) atoms. The van der Waals surface area contributed by atoms with Gasteiger partial charge in [0.25, 0.3) is 5.91 Å². The van der Waals surface area contributed by atoms with Crippen molar-refractivity contribution in [2.45, 2.75) is 20.3 Å². The topological polar surface area (TPSA) is 77.0 Å². The molecule has 2 aromatic rings. The van der Waals surface area contributed by atoms with E-state index < -0.39 is 0 Å². The first-order valence-electron chi connectivity index (χ1n) is 6.39. The van der Waals surface area contributed by atoms with Crippen LogP contribution in [0.1, 0.15) is 28.7 Å². The quantitative estimate of drug-likeness (QED) is 0.879. The smallest absolute Gasteiger partial charge is 0.258 e. The molecule has 6 nitrogen and oxygen atoms in total. The van der Waals surface area contributed by atoms with Gasteiger partial charge in [-0.05, 0) is 25.5 Å². The maximum absolute atomic E-state index is 12.2. The summed E-state index contributed by atoms with van der Waals surface area (Å²) in [4.78, 5) is 24.6. The zero-order valence-corrected chi connectivity index (χ0v) is 12.7. The molecule has 0 spiro atoms. The molecule has 2 aromatic heterocycles. The number of halogens is 1. The minimum atomic E-state index is -0.346. The number of pyridine rings is 1. The lowest BCUT2D eigenvalue weighted by Gasteiger charge is -2.07. The summed E-state index contributed by atoms with van der Waals surface area (Å²) in [7, 11) is 1.50. The lowest BCUT2D eigenvalue weighted by atomic mass is 10.2. The van der Waals surface area contributed by atoms with Gasteiger partial charge in [0, 0.05) is 23.0 Å². The van der Waals surface area contributed by atoms with Crippen LogP contribution in [0.15, 0.2) is 18.2 Å². The summed E-state index contributed by atoms with van der Waals surface area (Å²) in [5, 5.41) is 2.90. The van der Waals surface area contributed by atoms with Crippen molar-refractivity contribution in [1.29, 1.82) is 0 Å². The van der Waals surface area contributed by atoms with Crippen molar-refractivity contribution in [1.82, 2.24) is 15.0 Å². The highest BCUT2D eigenvalue weighted by molar-refractivity contribution is 6.29. The summed E-state index contributed by atoms with van der Waals surface area (Å²) < 4.78 is 5.05. The lowest BCUT2D eigenvalue weighted by Crippen LogP contribution is -2.15. The standard InChI is InChI=1S/C14H15ClN4O2/c1-4-10-6-9(7-11(15)17-10)13(20)19-14-16-8(2)5-12(18-14)21-3/h5-7H,4H2,1-3H3,(H,16,18,19,20). The summed E-state index contributed by atoms with van der Waals surface area (Å²) in [5.41, 5.74) is 1.85. The van der Waals surface area contributed by atoms with Crippen LogP contribution >= 0.6 is 11.6 Å². The Hall–Kier alpha value is -2.21. The Balaban J connectivity index is 2.25. The van der Waals surface area contributed by atoms with Gasteiger partial charge in [0.2, 0.25) is 11.8 Å². The van der Waals surface area contributed by atoms with Crippen LogP contribution < -0.4 is 10.1 Å². The number of carbonyl (C=O) groups is 1. The number of ether oxygens (including phenoxy) is 1. The maximum Gasteiger partial charge on any atom is 0.258 e. The Morgan fingerprint density at radius 3 is 2.71 bits per heavy atom. The fourth-order valence-electron chi connectivity index (χ4n) is 1.74. The van der Waals surface area contributed by atoms with E-state index >= 15 is 0 Å². The van der Waals surface area contributed by atoms with E-state index in [0.29, 0.717) is 23.6 Å². The Labute approximate surface area is 127 Å². The second-order valence-electron chi connectivity index (χ2n) is 4.35. The Kier molecular flexibility index (Phi) is 4.70. The zero-order valence-electron chi connectivity index (χ0n) is 12.0. The average Bonchev–Trinajstić information content (AvgIpc) is 2.45. The van der Waals surface area contributed by atoms with Gasteiger partial charge < -0.3 is 4.74 Å². The third-order valence-corrected chi connectivity index (χ3v) is 2.93. The van der Waals surface area contributed by atoms with Gasteiger partial charge in [-0.1, -0.05) is 18.5 Å². The van der Waals surface area contributed by atoms with Crippen LogP contribution in [0.2, 0.25) is 5.15 Å². The van der Waals surface area contributed by atoms with E-state index in [1.807, 2.05) is 6.92 Å². The summed E-state index contributed by atoms with van der Waals surface area (Å²) in [6, 6.07) is 4.87. The molecule has 0 atom stereocenters. The summed E-state index contributed by atoms with van der Waals surface area (Å²) >= 11 is 5.91. The van der Waals surface area contributed by atoms with E-state index in [0.717, 1.165) is 5.69 Å². The summed E-state index contributed by atoms with van der Waals surface area (Å²) in [5.74, 6) is 0.226. The molecular formula is C14H15ClN4O2. The van der Waals surface area contributed by atoms with Crippen LogP contribution in [0.4, 0.5) is 5.95 Å². The number of aryl methyl sites for hydroxylation is 2. The van der Waals surface area contributed by atoms with Gasteiger partial charge in [0.05, 0.1) is 7.11 Å². The third kappa shape index (κ3) is 3.88. The van der Waals surface area contributed by atoms with Crippen LogP contribution in [0.25, 0.3) is 0 Å². The number of rotatable bonds is 4. The van der Waals surface area contributed by atoms with Crippen LogP contribution in [0, 0.1) is 6.92 Å². The Morgan fingerprint density at radius 1 is 1.29 bits per heavy atom. The normalized spacial score (nSPS) is 10.3. The molecule has 0 aliphatic heterocycles. The molecule has 1 N–H and O–H groups in total. The van der Waals surface area contributed by atoms with Crippen molar-refractivity contribution in [3.63, 3.8) is 0 Å². The number of carbonyl (C=O) groups excluding carboxylic acids is 1. The molecule has 0 radical (unpaired) electrons.